The van der Waals surface area contributed by atoms with Crippen LogP contribution >= 0.6 is 11.6 Å². The number of rotatable bonds is 7. The lowest BCUT2D eigenvalue weighted by Gasteiger charge is -2.23. The van der Waals surface area contributed by atoms with E-state index in [2.05, 4.69) is 5.32 Å². The van der Waals surface area contributed by atoms with Crippen LogP contribution in [0.1, 0.15) is 17.3 Å². The summed E-state index contributed by atoms with van der Waals surface area (Å²) in [5.41, 5.74) is 0.405. The molecule has 0 saturated carbocycles. The maximum Gasteiger partial charge on any atom is 0.289 e. The number of benzene rings is 3. The summed E-state index contributed by atoms with van der Waals surface area (Å²) < 4.78 is 27.6. The molecule has 1 N–H and O–H groups in total. The summed E-state index contributed by atoms with van der Waals surface area (Å²) in [5.74, 6) is -0.614. The summed E-state index contributed by atoms with van der Waals surface area (Å²) in [5, 5.41) is 13.5. The van der Waals surface area contributed by atoms with Gasteiger partial charge in [0.25, 0.3) is 21.6 Å². The van der Waals surface area contributed by atoms with Gasteiger partial charge in [-0.2, -0.15) is 0 Å². The van der Waals surface area contributed by atoms with Gasteiger partial charge in [-0.25, -0.2) is 8.42 Å². The monoisotopic (exact) mass is 459 g/mol. The minimum atomic E-state index is -3.91. The van der Waals surface area contributed by atoms with Gasteiger partial charge < -0.3 is 5.32 Å². The molecule has 3 aromatic carbocycles. The van der Waals surface area contributed by atoms with E-state index in [9.17, 15) is 23.3 Å². The Balaban J connectivity index is 1.90. The molecule has 1 amide bonds. The summed E-state index contributed by atoms with van der Waals surface area (Å²) in [7, 11) is -3.91. The Bertz CT molecular complexity index is 1230. The zero-order valence-electron chi connectivity index (χ0n) is 16.4. The van der Waals surface area contributed by atoms with E-state index in [0.717, 1.165) is 6.07 Å². The fourth-order valence-corrected chi connectivity index (χ4v) is 4.65. The van der Waals surface area contributed by atoms with Crippen LogP contribution in [0.3, 0.4) is 0 Å². The fourth-order valence-electron chi connectivity index (χ4n) is 2.94. The molecule has 3 aromatic rings. The van der Waals surface area contributed by atoms with Gasteiger partial charge in [0.2, 0.25) is 0 Å². The van der Waals surface area contributed by atoms with Crippen molar-refractivity contribution in [2.45, 2.75) is 11.8 Å². The maximum absolute atomic E-state index is 13.2. The smallest absolute Gasteiger partial charge is 0.289 e. The Morgan fingerprint density at radius 2 is 1.77 bits per heavy atom. The summed E-state index contributed by atoms with van der Waals surface area (Å²) in [6, 6.07) is 18.1. The molecule has 31 heavy (non-hydrogen) atoms. The second kappa shape index (κ2) is 9.15. The average molecular weight is 460 g/mol. The molecule has 8 nitrogen and oxygen atoms in total. The van der Waals surface area contributed by atoms with Gasteiger partial charge in [-0.3, -0.25) is 19.2 Å². The highest BCUT2D eigenvalue weighted by atomic mass is 35.5. The Morgan fingerprint density at radius 3 is 2.42 bits per heavy atom. The quantitative estimate of drug-likeness (QED) is 0.406. The number of nitro groups is 1. The minimum Gasteiger partial charge on any atom is -0.322 e. The summed E-state index contributed by atoms with van der Waals surface area (Å²) >= 11 is 5.78. The van der Waals surface area contributed by atoms with Crippen LogP contribution < -0.4 is 9.62 Å². The number of para-hydroxylation sites is 1. The van der Waals surface area contributed by atoms with Crippen LogP contribution in [0.2, 0.25) is 5.02 Å². The van der Waals surface area contributed by atoms with Crippen molar-refractivity contribution in [3.63, 3.8) is 0 Å². The van der Waals surface area contributed by atoms with Gasteiger partial charge in [0.1, 0.15) is 5.02 Å². The van der Waals surface area contributed by atoms with Crippen molar-refractivity contribution >= 4 is 44.6 Å². The Morgan fingerprint density at radius 1 is 1.06 bits per heavy atom. The third kappa shape index (κ3) is 4.84. The molecule has 0 bridgehead atoms. The zero-order chi connectivity index (χ0) is 22.6. The number of halogens is 1. The van der Waals surface area contributed by atoms with Gasteiger partial charge in [-0.1, -0.05) is 35.9 Å². The highest BCUT2D eigenvalue weighted by Gasteiger charge is 2.24. The molecule has 0 aromatic heterocycles. The van der Waals surface area contributed by atoms with Crippen LogP contribution in [0.5, 0.6) is 0 Å². The lowest BCUT2D eigenvalue weighted by atomic mass is 10.2. The molecule has 160 valence electrons. The van der Waals surface area contributed by atoms with Gasteiger partial charge in [-0.05, 0) is 49.4 Å². The lowest BCUT2D eigenvalue weighted by molar-refractivity contribution is -0.384. The SMILES string of the molecule is CCN(c1ccccc1)S(=O)(=O)c1cccc(C(=O)Nc2ccc(Cl)c([N+](=O)[O-])c2)c1. The van der Waals surface area contributed by atoms with Crippen molar-refractivity contribution in [3.8, 4) is 0 Å². The fraction of sp³-hybridized carbons (Fsp3) is 0.0952. The normalized spacial score (nSPS) is 11.0. The molecule has 0 heterocycles. The van der Waals surface area contributed by atoms with E-state index in [1.165, 1.54) is 40.7 Å². The van der Waals surface area contributed by atoms with E-state index >= 15 is 0 Å². The van der Waals surface area contributed by atoms with Crippen molar-refractivity contribution in [3.05, 3.63) is 93.5 Å². The molecule has 0 aliphatic rings. The van der Waals surface area contributed by atoms with E-state index in [1.54, 1.807) is 37.3 Å². The molecular weight excluding hydrogens is 442 g/mol. The number of hydrogen-bond donors (Lipinski definition) is 1. The molecule has 0 aliphatic carbocycles. The minimum absolute atomic E-state index is 0.0482. The number of amides is 1. The van der Waals surface area contributed by atoms with Crippen molar-refractivity contribution in [2.75, 3.05) is 16.2 Å². The molecule has 0 saturated heterocycles. The first-order valence-corrected chi connectivity index (χ1v) is 11.0. The molecule has 0 atom stereocenters. The van der Waals surface area contributed by atoms with E-state index in [-0.39, 0.29) is 33.4 Å². The third-order valence-corrected chi connectivity index (χ3v) is 6.63. The predicted molar refractivity (Wildman–Crippen MR) is 119 cm³/mol. The maximum atomic E-state index is 13.2. The van der Waals surface area contributed by atoms with Gasteiger partial charge >= 0.3 is 0 Å². The van der Waals surface area contributed by atoms with Crippen molar-refractivity contribution in [2.24, 2.45) is 0 Å². The van der Waals surface area contributed by atoms with E-state index in [4.69, 9.17) is 11.6 Å². The number of hydrogen-bond acceptors (Lipinski definition) is 5. The number of sulfonamides is 1. The Labute approximate surface area is 184 Å². The highest BCUT2D eigenvalue weighted by molar-refractivity contribution is 7.92. The van der Waals surface area contributed by atoms with Crippen LogP contribution in [-0.2, 0) is 10.0 Å². The predicted octanol–water partition coefficient (Wildman–Crippen LogP) is 4.72. The molecule has 10 heteroatoms. The van der Waals surface area contributed by atoms with E-state index in [0.29, 0.717) is 5.69 Å². The van der Waals surface area contributed by atoms with Gasteiger partial charge in [-0.15, -0.1) is 0 Å². The number of anilines is 2. The number of carbonyl (C=O) groups is 1. The largest absolute Gasteiger partial charge is 0.322 e. The van der Waals surface area contributed by atoms with Crippen LogP contribution in [0.25, 0.3) is 0 Å². The van der Waals surface area contributed by atoms with Crippen molar-refractivity contribution in [1.29, 1.82) is 0 Å². The second-order valence-electron chi connectivity index (χ2n) is 6.41. The van der Waals surface area contributed by atoms with Gasteiger partial charge in [0.15, 0.2) is 0 Å². The molecule has 0 spiro atoms. The standard InChI is InChI=1S/C21H18ClN3O5S/c1-2-24(17-8-4-3-5-9-17)31(29,30)18-10-6-7-15(13-18)21(26)23-16-11-12-19(22)20(14-16)25(27)28/h3-14H,2H2,1H3,(H,23,26). The van der Waals surface area contributed by atoms with Crippen molar-refractivity contribution in [1.82, 2.24) is 0 Å². The first-order valence-electron chi connectivity index (χ1n) is 9.17. The zero-order valence-corrected chi connectivity index (χ0v) is 17.9. The van der Waals surface area contributed by atoms with Crippen molar-refractivity contribution < 1.29 is 18.1 Å². The Hall–Kier alpha value is -3.43. The first-order chi connectivity index (χ1) is 14.7. The molecule has 0 fully saturated rings. The molecule has 3 rings (SSSR count). The second-order valence-corrected chi connectivity index (χ2v) is 8.68. The third-order valence-electron chi connectivity index (χ3n) is 4.42. The van der Waals surface area contributed by atoms with Gasteiger partial charge in [0.05, 0.1) is 15.5 Å². The van der Waals surface area contributed by atoms with E-state index < -0.39 is 20.9 Å². The summed E-state index contributed by atoms with van der Waals surface area (Å²) in [6.45, 7) is 1.92. The van der Waals surface area contributed by atoms with Crippen LogP contribution in [-0.4, -0.2) is 25.8 Å². The number of nitrogens with one attached hydrogen (secondary N) is 1. The Kier molecular flexibility index (Phi) is 6.57. The molecule has 0 unspecified atom stereocenters. The number of nitro benzene ring substituents is 1. The summed E-state index contributed by atoms with van der Waals surface area (Å²) in [6.07, 6.45) is 0. The van der Waals surface area contributed by atoms with Crippen LogP contribution in [0, 0.1) is 10.1 Å². The number of nitrogens with zero attached hydrogens (tertiary/aromatic N) is 2. The van der Waals surface area contributed by atoms with Gasteiger partial charge in [0, 0.05) is 23.9 Å². The number of carbonyl (C=O) groups excluding carboxylic acids is 1. The average Bonchev–Trinajstić information content (AvgIpc) is 2.76. The molecular formula is C21H18ClN3O5S. The first kappa shape index (κ1) is 22.3. The topological polar surface area (TPSA) is 110 Å². The molecule has 0 radical (unpaired) electrons. The van der Waals surface area contributed by atoms with E-state index in [1.807, 2.05) is 0 Å². The molecule has 0 aliphatic heterocycles. The van der Waals surface area contributed by atoms with Crippen LogP contribution in [0.15, 0.2) is 77.7 Å². The lowest BCUT2D eigenvalue weighted by Crippen LogP contribution is -2.30. The summed E-state index contributed by atoms with van der Waals surface area (Å²) in [4.78, 5) is 23.0. The highest BCUT2D eigenvalue weighted by Crippen LogP contribution is 2.28. The van der Waals surface area contributed by atoms with Crippen LogP contribution in [0.4, 0.5) is 17.1 Å².